The largest absolute Gasteiger partial charge is 0.378 e. The zero-order chi connectivity index (χ0) is 8.27. The fourth-order valence-corrected chi connectivity index (χ4v) is 1.74. The van der Waals surface area contributed by atoms with Gasteiger partial charge in [-0.25, -0.2) is 0 Å². The molecule has 1 aliphatic rings. The van der Waals surface area contributed by atoms with E-state index < -0.39 is 0 Å². The fourth-order valence-electron chi connectivity index (χ4n) is 1.74. The van der Waals surface area contributed by atoms with Crippen LogP contribution in [0.3, 0.4) is 0 Å². The van der Waals surface area contributed by atoms with Gasteiger partial charge in [0.05, 0.1) is 6.10 Å². The van der Waals surface area contributed by atoms with Crippen LogP contribution in [0.15, 0.2) is 0 Å². The highest BCUT2D eigenvalue weighted by Crippen LogP contribution is 2.25. The Balaban J connectivity index is 2.33. The summed E-state index contributed by atoms with van der Waals surface area (Å²) in [6.45, 7) is 6.13. The highest BCUT2D eigenvalue weighted by molar-refractivity contribution is 4.73. The van der Waals surface area contributed by atoms with Crippen LogP contribution < -0.4 is 5.73 Å². The van der Waals surface area contributed by atoms with Crippen molar-refractivity contribution in [1.82, 2.24) is 0 Å². The van der Waals surface area contributed by atoms with Crippen LogP contribution >= 0.6 is 0 Å². The highest BCUT2D eigenvalue weighted by Gasteiger charge is 2.23. The van der Waals surface area contributed by atoms with Crippen molar-refractivity contribution in [2.24, 2.45) is 17.6 Å². The van der Waals surface area contributed by atoms with Gasteiger partial charge in [0, 0.05) is 6.61 Å². The van der Waals surface area contributed by atoms with E-state index in [1.54, 1.807) is 0 Å². The van der Waals surface area contributed by atoms with Crippen molar-refractivity contribution in [3.05, 3.63) is 0 Å². The van der Waals surface area contributed by atoms with Crippen LogP contribution in [0.1, 0.15) is 26.7 Å². The molecule has 2 heteroatoms. The zero-order valence-electron chi connectivity index (χ0n) is 7.55. The molecule has 0 radical (unpaired) electrons. The van der Waals surface area contributed by atoms with Crippen LogP contribution in [0.4, 0.5) is 0 Å². The SMILES string of the molecule is CC1CC(C(C)CN)CCO1. The lowest BCUT2D eigenvalue weighted by atomic mass is 9.85. The van der Waals surface area contributed by atoms with Gasteiger partial charge in [-0.1, -0.05) is 6.92 Å². The van der Waals surface area contributed by atoms with Crippen LogP contribution in [-0.4, -0.2) is 19.3 Å². The molecular weight excluding hydrogens is 138 g/mol. The molecule has 2 nitrogen and oxygen atoms in total. The van der Waals surface area contributed by atoms with Gasteiger partial charge in [-0.3, -0.25) is 0 Å². The monoisotopic (exact) mass is 157 g/mol. The Hall–Kier alpha value is -0.0800. The Morgan fingerprint density at radius 1 is 1.64 bits per heavy atom. The summed E-state index contributed by atoms with van der Waals surface area (Å²) in [7, 11) is 0. The minimum atomic E-state index is 0.447. The molecule has 3 atom stereocenters. The molecular formula is C9H19NO. The van der Waals surface area contributed by atoms with Crippen molar-refractivity contribution >= 4 is 0 Å². The highest BCUT2D eigenvalue weighted by atomic mass is 16.5. The summed E-state index contributed by atoms with van der Waals surface area (Å²) in [5.74, 6) is 1.46. The van der Waals surface area contributed by atoms with Gasteiger partial charge in [-0.15, -0.1) is 0 Å². The zero-order valence-corrected chi connectivity index (χ0v) is 7.55. The maximum absolute atomic E-state index is 5.61. The topological polar surface area (TPSA) is 35.2 Å². The van der Waals surface area contributed by atoms with Crippen molar-refractivity contribution in [2.75, 3.05) is 13.2 Å². The molecule has 11 heavy (non-hydrogen) atoms. The minimum Gasteiger partial charge on any atom is -0.378 e. The van der Waals surface area contributed by atoms with Crippen LogP contribution in [-0.2, 0) is 4.74 Å². The van der Waals surface area contributed by atoms with Gasteiger partial charge < -0.3 is 10.5 Å². The Labute approximate surface area is 69.1 Å². The summed E-state index contributed by atoms with van der Waals surface area (Å²) in [4.78, 5) is 0. The van der Waals surface area contributed by atoms with E-state index in [1.807, 2.05) is 0 Å². The summed E-state index contributed by atoms with van der Waals surface area (Å²) < 4.78 is 5.46. The number of ether oxygens (including phenoxy) is 1. The molecule has 3 unspecified atom stereocenters. The summed E-state index contributed by atoms with van der Waals surface area (Å²) >= 11 is 0. The molecule has 0 aromatic heterocycles. The van der Waals surface area contributed by atoms with Gasteiger partial charge in [-0.2, -0.15) is 0 Å². The lowest BCUT2D eigenvalue weighted by Gasteiger charge is -2.30. The molecule has 0 bridgehead atoms. The van der Waals surface area contributed by atoms with Crippen molar-refractivity contribution < 1.29 is 4.74 Å². The standard InChI is InChI=1S/C9H19NO/c1-7(6-10)9-3-4-11-8(2)5-9/h7-9H,3-6,10H2,1-2H3. The van der Waals surface area contributed by atoms with Crippen LogP contribution in [0.5, 0.6) is 0 Å². The first-order valence-electron chi connectivity index (χ1n) is 4.55. The molecule has 0 aromatic carbocycles. The van der Waals surface area contributed by atoms with E-state index in [1.165, 1.54) is 12.8 Å². The molecule has 2 N–H and O–H groups in total. The molecule has 0 saturated carbocycles. The first kappa shape index (κ1) is 9.01. The van der Waals surface area contributed by atoms with Crippen molar-refractivity contribution in [1.29, 1.82) is 0 Å². The third-order valence-electron chi connectivity index (χ3n) is 2.70. The lowest BCUT2D eigenvalue weighted by molar-refractivity contribution is -0.00890. The van der Waals surface area contributed by atoms with Gasteiger partial charge in [0.2, 0.25) is 0 Å². The Morgan fingerprint density at radius 3 is 2.91 bits per heavy atom. The minimum absolute atomic E-state index is 0.447. The molecule has 0 spiro atoms. The third kappa shape index (κ3) is 2.46. The Bertz CT molecular complexity index is 116. The summed E-state index contributed by atoms with van der Waals surface area (Å²) in [6, 6.07) is 0. The second-order valence-electron chi connectivity index (χ2n) is 3.68. The average Bonchev–Trinajstić information content (AvgIpc) is 2.03. The van der Waals surface area contributed by atoms with Crippen molar-refractivity contribution in [3.63, 3.8) is 0 Å². The van der Waals surface area contributed by atoms with Gasteiger partial charge in [0.15, 0.2) is 0 Å². The van der Waals surface area contributed by atoms with E-state index in [9.17, 15) is 0 Å². The summed E-state index contributed by atoms with van der Waals surface area (Å²) in [5, 5.41) is 0. The second-order valence-corrected chi connectivity index (χ2v) is 3.68. The average molecular weight is 157 g/mol. The first-order chi connectivity index (χ1) is 5.24. The molecule has 0 aromatic rings. The van der Waals surface area contributed by atoms with Gasteiger partial charge >= 0.3 is 0 Å². The molecule has 1 fully saturated rings. The van der Waals surface area contributed by atoms with Crippen molar-refractivity contribution in [3.8, 4) is 0 Å². The van der Waals surface area contributed by atoms with Crippen LogP contribution in [0.2, 0.25) is 0 Å². The molecule has 0 amide bonds. The van der Waals surface area contributed by atoms with E-state index in [4.69, 9.17) is 10.5 Å². The molecule has 1 rings (SSSR count). The quantitative estimate of drug-likeness (QED) is 0.657. The summed E-state index contributed by atoms with van der Waals surface area (Å²) in [5.41, 5.74) is 5.61. The second kappa shape index (κ2) is 4.07. The molecule has 1 heterocycles. The van der Waals surface area contributed by atoms with Crippen LogP contribution in [0, 0.1) is 11.8 Å². The van der Waals surface area contributed by atoms with E-state index in [2.05, 4.69) is 13.8 Å². The Kier molecular flexibility index (Phi) is 3.34. The smallest absolute Gasteiger partial charge is 0.0549 e. The Morgan fingerprint density at radius 2 is 2.36 bits per heavy atom. The van der Waals surface area contributed by atoms with Gasteiger partial charge in [0.25, 0.3) is 0 Å². The number of hydrogen-bond acceptors (Lipinski definition) is 2. The maximum Gasteiger partial charge on any atom is 0.0549 e. The predicted molar refractivity (Wildman–Crippen MR) is 46.4 cm³/mol. The molecule has 0 aliphatic carbocycles. The predicted octanol–water partition coefficient (Wildman–Crippen LogP) is 1.40. The first-order valence-corrected chi connectivity index (χ1v) is 4.55. The van der Waals surface area contributed by atoms with E-state index >= 15 is 0 Å². The number of hydrogen-bond donors (Lipinski definition) is 1. The third-order valence-corrected chi connectivity index (χ3v) is 2.70. The molecule has 66 valence electrons. The molecule has 1 saturated heterocycles. The summed E-state index contributed by atoms with van der Waals surface area (Å²) in [6.07, 6.45) is 2.84. The van der Waals surface area contributed by atoms with E-state index in [0.29, 0.717) is 12.0 Å². The van der Waals surface area contributed by atoms with Crippen LogP contribution in [0.25, 0.3) is 0 Å². The normalized spacial score (nSPS) is 35.2. The van der Waals surface area contributed by atoms with E-state index in [-0.39, 0.29) is 0 Å². The maximum atomic E-state index is 5.61. The lowest BCUT2D eigenvalue weighted by Crippen LogP contribution is -2.30. The van der Waals surface area contributed by atoms with Gasteiger partial charge in [0.1, 0.15) is 0 Å². The molecule has 1 aliphatic heterocycles. The van der Waals surface area contributed by atoms with Gasteiger partial charge in [-0.05, 0) is 38.1 Å². The number of rotatable bonds is 2. The fraction of sp³-hybridized carbons (Fsp3) is 1.00. The van der Waals surface area contributed by atoms with E-state index in [0.717, 1.165) is 19.1 Å². The van der Waals surface area contributed by atoms with Crippen molar-refractivity contribution in [2.45, 2.75) is 32.8 Å². The number of nitrogens with two attached hydrogens (primary N) is 1.